The second-order valence-corrected chi connectivity index (χ2v) is 6.75. The summed E-state index contributed by atoms with van der Waals surface area (Å²) < 4.78 is 28.4. The number of carboxylic acids is 1. The van der Waals surface area contributed by atoms with Crippen molar-refractivity contribution in [3.8, 4) is 0 Å². The van der Waals surface area contributed by atoms with Crippen LogP contribution in [-0.2, 0) is 15.0 Å². The highest BCUT2D eigenvalue weighted by molar-refractivity contribution is 7.87. The van der Waals surface area contributed by atoms with E-state index in [9.17, 15) is 18.3 Å². The van der Waals surface area contributed by atoms with Gasteiger partial charge in [-0.25, -0.2) is 0 Å². The number of hydrogen-bond donors (Lipinski definition) is 2. The number of aliphatic carboxylic acids is 1. The highest BCUT2D eigenvalue weighted by atomic mass is 32.2. The van der Waals surface area contributed by atoms with Crippen LogP contribution in [-0.4, -0.2) is 41.4 Å². The van der Waals surface area contributed by atoms with E-state index in [1.165, 1.54) is 0 Å². The Balaban J connectivity index is 2.15. The lowest BCUT2D eigenvalue weighted by atomic mass is 10.1. The highest BCUT2D eigenvalue weighted by Crippen LogP contribution is 2.22. The van der Waals surface area contributed by atoms with Crippen LogP contribution in [0.1, 0.15) is 37.8 Å². The molecular weight excluding hydrogens is 294 g/mol. The van der Waals surface area contributed by atoms with Crippen LogP contribution in [0.5, 0.6) is 0 Å². The maximum atomic E-state index is 12.4. The van der Waals surface area contributed by atoms with Gasteiger partial charge in [-0.3, -0.25) is 9.78 Å². The lowest BCUT2D eigenvalue weighted by molar-refractivity contribution is -0.142. The van der Waals surface area contributed by atoms with E-state index >= 15 is 0 Å². The summed E-state index contributed by atoms with van der Waals surface area (Å²) >= 11 is 0. The molecule has 0 radical (unpaired) electrons. The molecule has 2 atom stereocenters. The van der Waals surface area contributed by atoms with Gasteiger partial charge in [-0.1, -0.05) is 6.07 Å². The van der Waals surface area contributed by atoms with E-state index in [1.807, 2.05) is 0 Å². The first-order chi connectivity index (χ1) is 9.92. The Morgan fingerprint density at radius 3 is 2.90 bits per heavy atom. The van der Waals surface area contributed by atoms with Crippen molar-refractivity contribution < 1.29 is 18.3 Å². The fraction of sp³-hybridized carbons (Fsp3) is 0.538. The molecule has 1 aliphatic rings. The fourth-order valence-electron chi connectivity index (χ4n) is 2.43. The molecule has 2 unspecified atom stereocenters. The molecule has 1 aliphatic heterocycles. The van der Waals surface area contributed by atoms with Crippen molar-refractivity contribution in [1.29, 1.82) is 0 Å². The lowest BCUT2D eigenvalue weighted by Gasteiger charge is -2.32. The Morgan fingerprint density at radius 2 is 2.29 bits per heavy atom. The number of pyridine rings is 1. The summed E-state index contributed by atoms with van der Waals surface area (Å²) in [4.78, 5) is 15.2. The van der Waals surface area contributed by atoms with Gasteiger partial charge in [0, 0.05) is 25.0 Å². The minimum Gasteiger partial charge on any atom is -0.480 e. The average molecular weight is 313 g/mol. The molecule has 0 bridgehead atoms. The van der Waals surface area contributed by atoms with Crippen molar-refractivity contribution >= 4 is 16.2 Å². The Hall–Kier alpha value is -1.51. The molecule has 2 N–H and O–H groups in total. The molecule has 0 aliphatic carbocycles. The van der Waals surface area contributed by atoms with E-state index in [2.05, 4.69) is 9.71 Å². The topological polar surface area (TPSA) is 99.6 Å². The largest absolute Gasteiger partial charge is 0.480 e. The quantitative estimate of drug-likeness (QED) is 0.842. The van der Waals surface area contributed by atoms with Crippen LogP contribution < -0.4 is 4.72 Å². The normalized spacial score (nSPS) is 21.9. The van der Waals surface area contributed by atoms with Crippen LogP contribution in [0, 0.1) is 0 Å². The first-order valence-corrected chi connectivity index (χ1v) is 8.27. The van der Waals surface area contributed by atoms with Gasteiger partial charge in [0.1, 0.15) is 6.04 Å². The summed E-state index contributed by atoms with van der Waals surface area (Å²) in [5.41, 5.74) is 0.727. The summed E-state index contributed by atoms with van der Waals surface area (Å²) in [5, 5.41) is 9.18. The van der Waals surface area contributed by atoms with Gasteiger partial charge in [-0.2, -0.15) is 17.4 Å². The van der Waals surface area contributed by atoms with E-state index < -0.39 is 28.3 Å². The smallest absolute Gasteiger partial charge is 0.322 e. The summed E-state index contributed by atoms with van der Waals surface area (Å²) in [6, 6.07) is 2.03. The van der Waals surface area contributed by atoms with Gasteiger partial charge >= 0.3 is 5.97 Å². The third-order valence-corrected chi connectivity index (χ3v) is 5.26. The molecule has 0 spiro atoms. The zero-order valence-electron chi connectivity index (χ0n) is 11.8. The van der Waals surface area contributed by atoms with Crippen molar-refractivity contribution in [2.45, 2.75) is 38.3 Å². The summed E-state index contributed by atoms with van der Waals surface area (Å²) in [6.07, 6.45) is 4.93. The maximum absolute atomic E-state index is 12.4. The molecule has 0 aromatic carbocycles. The molecule has 0 saturated carbocycles. The van der Waals surface area contributed by atoms with Crippen molar-refractivity contribution in [1.82, 2.24) is 14.0 Å². The van der Waals surface area contributed by atoms with E-state index in [0.717, 1.165) is 16.3 Å². The van der Waals surface area contributed by atoms with Crippen molar-refractivity contribution in [2.75, 3.05) is 6.54 Å². The third-order valence-electron chi connectivity index (χ3n) is 3.56. The molecule has 8 heteroatoms. The average Bonchev–Trinajstić information content (AvgIpc) is 2.47. The Labute approximate surface area is 124 Å². The minimum atomic E-state index is -3.85. The maximum Gasteiger partial charge on any atom is 0.322 e. The van der Waals surface area contributed by atoms with E-state index in [-0.39, 0.29) is 6.54 Å². The summed E-state index contributed by atoms with van der Waals surface area (Å²) in [5.74, 6) is -1.10. The van der Waals surface area contributed by atoms with Crippen molar-refractivity contribution in [3.05, 3.63) is 30.1 Å². The Bertz CT molecular complexity index is 591. The van der Waals surface area contributed by atoms with E-state index in [1.54, 1.807) is 31.5 Å². The van der Waals surface area contributed by atoms with Gasteiger partial charge in [0.2, 0.25) is 0 Å². The number of piperidine rings is 1. The summed E-state index contributed by atoms with van der Waals surface area (Å²) in [7, 11) is -3.85. The molecule has 1 aromatic heterocycles. The van der Waals surface area contributed by atoms with Gasteiger partial charge in [0.15, 0.2) is 0 Å². The van der Waals surface area contributed by atoms with Gasteiger partial charge < -0.3 is 5.11 Å². The minimum absolute atomic E-state index is 0.228. The number of hydrogen-bond acceptors (Lipinski definition) is 4. The van der Waals surface area contributed by atoms with Crippen LogP contribution in [0.4, 0.5) is 0 Å². The van der Waals surface area contributed by atoms with Gasteiger partial charge in [-0.05, 0) is 37.8 Å². The van der Waals surface area contributed by atoms with Crippen molar-refractivity contribution in [3.63, 3.8) is 0 Å². The molecule has 1 saturated heterocycles. The predicted molar refractivity (Wildman–Crippen MR) is 76.7 cm³/mol. The molecule has 0 amide bonds. The predicted octanol–water partition coefficient (Wildman–Crippen LogP) is 0.916. The number of nitrogens with one attached hydrogen (secondary N) is 1. The summed E-state index contributed by atoms with van der Waals surface area (Å²) in [6.45, 7) is 1.93. The van der Waals surface area contributed by atoms with Crippen LogP contribution in [0.25, 0.3) is 0 Å². The van der Waals surface area contributed by atoms with Crippen LogP contribution >= 0.6 is 0 Å². The molecule has 1 aromatic rings. The molecular formula is C13H19N3O4S. The van der Waals surface area contributed by atoms with Gasteiger partial charge in [0.05, 0.1) is 0 Å². The molecule has 2 heterocycles. The van der Waals surface area contributed by atoms with Crippen LogP contribution in [0.3, 0.4) is 0 Å². The van der Waals surface area contributed by atoms with Crippen molar-refractivity contribution in [2.24, 2.45) is 0 Å². The number of aromatic nitrogens is 1. The van der Waals surface area contributed by atoms with E-state index in [0.29, 0.717) is 12.8 Å². The van der Waals surface area contributed by atoms with Gasteiger partial charge in [-0.15, -0.1) is 0 Å². The second-order valence-electron chi connectivity index (χ2n) is 5.09. The highest BCUT2D eigenvalue weighted by Gasteiger charge is 2.37. The standard InChI is InChI=1S/C13H19N3O4S/c1-10(11-5-4-7-14-9-11)15-21(19,20)16-8-3-2-6-12(16)13(17)18/h4-5,7,9-10,12,15H,2-3,6,8H2,1H3,(H,17,18). The van der Waals surface area contributed by atoms with Crippen LogP contribution in [0.2, 0.25) is 0 Å². The monoisotopic (exact) mass is 313 g/mol. The Morgan fingerprint density at radius 1 is 1.52 bits per heavy atom. The first-order valence-electron chi connectivity index (χ1n) is 6.83. The Kier molecular flexibility index (Phi) is 4.92. The van der Waals surface area contributed by atoms with Gasteiger partial charge in [0.25, 0.3) is 10.2 Å². The molecule has 2 rings (SSSR count). The molecule has 21 heavy (non-hydrogen) atoms. The number of rotatable bonds is 5. The number of nitrogens with zero attached hydrogens (tertiary/aromatic N) is 2. The first kappa shape index (κ1) is 15.9. The SMILES string of the molecule is CC(NS(=O)(=O)N1CCCCC1C(=O)O)c1cccnc1. The molecule has 116 valence electrons. The lowest BCUT2D eigenvalue weighted by Crippen LogP contribution is -2.52. The molecule has 7 nitrogen and oxygen atoms in total. The fourth-order valence-corrected chi connectivity index (χ4v) is 4.05. The molecule has 1 fully saturated rings. The zero-order valence-corrected chi connectivity index (χ0v) is 12.6. The second kappa shape index (κ2) is 6.50. The van der Waals surface area contributed by atoms with E-state index in [4.69, 9.17) is 0 Å². The number of carbonyl (C=O) groups is 1. The van der Waals surface area contributed by atoms with Crippen LogP contribution in [0.15, 0.2) is 24.5 Å². The zero-order chi connectivity index (χ0) is 15.5. The number of carboxylic acid groups (broad SMARTS) is 1. The third kappa shape index (κ3) is 3.78.